The van der Waals surface area contributed by atoms with Gasteiger partial charge in [0.1, 0.15) is 16.0 Å². The fourth-order valence-electron chi connectivity index (χ4n) is 1.35. The van der Waals surface area contributed by atoms with E-state index in [0.29, 0.717) is 10.4 Å². The average molecular weight is 289 g/mol. The van der Waals surface area contributed by atoms with E-state index in [-0.39, 0.29) is 12.0 Å². The number of thioether (sulfide) groups is 1. The third kappa shape index (κ3) is 4.11. The Hall–Kier alpha value is -0.320. The Kier molecular flexibility index (Phi) is 5.44. The van der Waals surface area contributed by atoms with E-state index < -0.39 is 0 Å². The van der Waals surface area contributed by atoms with Crippen LogP contribution in [0.25, 0.3) is 0 Å². The van der Waals surface area contributed by atoms with Crippen molar-refractivity contribution < 1.29 is 5.11 Å². The Morgan fingerprint density at radius 3 is 2.44 bits per heavy atom. The number of hydrogen-bond donors (Lipinski definition) is 1. The van der Waals surface area contributed by atoms with Gasteiger partial charge < -0.3 is 5.11 Å². The van der Waals surface area contributed by atoms with Crippen LogP contribution in [-0.4, -0.2) is 26.9 Å². The number of aromatic nitrogens is 2. The summed E-state index contributed by atoms with van der Waals surface area (Å²) >= 11 is 7.82. The summed E-state index contributed by atoms with van der Waals surface area (Å²) in [7, 11) is 0. The van der Waals surface area contributed by atoms with Crippen molar-refractivity contribution in [2.24, 2.45) is 0 Å². The zero-order valence-corrected chi connectivity index (χ0v) is 13.2. The predicted molar refractivity (Wildman–Crippen MR) is 77.5 cm³/mol. The lowest BCUT2D eigenvalue weighted by Gasteiger charge is -2.19. The lowest BCUT2D eigenvalue weighted by Crippen LogP contribution is -2.17. The summed E-state index contributed by atoms with van der Waals surface area (Å²) in [5.41, 5.74) is 0.798. The highest BCUT2D eigenvalue weighted by molar-refractivity contribution is 7.99. The zero-order chi connectivity index (χ0) is 13.9. The van der Waals surface area contributed by atoms with Crippen LogP contribution in [0.1, 0.15) is 45.5 Å². The molecule has 1 atom stereocenters. The van der Waals surface area contributed by atoms with E-state index in [4.69, 9.17) is 16.7 Å². The van der Waals surface area contributed by atoms with Crippen LogP contribution in [0.4, 0.5) is 0 Å². The molecule has 0 saturated carbocycles. The maximum absolute atomic E-state index is 8.95. The summed E-state index contributed by atoms with van der Waals surface area (Å²) in [6.07, 6.45) is 0.747. The van der Waals surface area contributed by atoms with Gasteiger partial charge in [-0.15, -0.1) is 11.8 Å². The summed E-state index contributed by atoms with van der Waals surface area (Å²) in [4.78, 5) is 8.96. The van der Waals surface area contributed by atoms with E-state index in [9.17, 15) is 0 Å². The molecule has 3 nitrogen and oxygen atoms in total. The minimum atomic E-state index is -0.118. The molecule has 1 aromatic heterocycles. The first-order chi connectivity index (χ1) is 8.25. The van der Waals surface area contributed by atoms with Gasteiger partial charge >= 0.3 is 0 Å². The molecule has 1 unspecified atom stereocenters. The maximum atomic E-state index is 8.95. The minimum absolute atomic E-state index is 0.118. The lowest BCUT2D eigenvalue weighted by atomic mass is 9.96. The largest absolute Gasteiger partial charge is 0.396 e. The monoisotopic (exact) mass is 288 g/mol. The molecule has 5 heteroatoms. The average Bonchev–Trinajstić information content (AvgIpc) is 2.23. The molecule has 102 valence electrons. The number of nitrogens with zero attached hydrogens (tertiary/aromatic N) is 2. The molecule has 0 radical (unpaired) electrons. The van der Waals surface area contributed by atoms with Gasteiger partial charge in [-0.05, 0) is 13.3 Å². The highest BCUT2D eigenvalue weighted by atomic mass is 35.5. The fraction of sp³-hybridized carbons (Fsp3) is 0.692. The van der Waals surface area contributed by atoms with Crippen LogP contribution in [0.2, 0.25) is 5.15 Å². The van der Waals surface area contributed by atoms with Gasteiger partial charge in [0.15, 0.2) is 0 Å². The number of rotatable bonds is 4. The number of hydrogen-bond acceptors (Lipinski definition) is 4. The van der Waals surface area contributed by atoms with Crippen molar-refractivity contribution in [1.29, 1.82) is 0 Å². The molecule has 1 N–H and O–H groups in total. The Bertz CT molecular complexity index is 418. The second kappa shape index (κ2) is 6.22. The first-order valence-corrected chi connectivity index (χ1v) is 7.33. The first kappa shape index (κ1) is 15.7. The van der Waals surface area contributed by atoms with Gasteiger partial charge in [0, 0.05) is 22.8 Å². The highest BCUT2D eigenvalue weighted by Gasteiger charge is 2.21. The van der Waals surface area contributed by atoms with Crippen LogP contribution < -0.4 is 0 Å². The SMILES string of the molecule is Cc1c(Cl)nc(C(C)(C)C)nc1SC(C)CCO. The topological polar surface area (TPSA) is 46.0 Å². The van der Waals surface area contributed by atoms with Crippen molar-refractivity contribution in [3.8, 4) is 0 Å². The molecule has 0 fully saturated rings. The number of halogens is 1. The number of aliphatic hydroxyl groups excluding tert-OH is 1. The Morgan fingerprint density at radius 2 is 1.94 bits per heavy atom. The van der Waals surface area contributed by atoms with Crippen molar-refractivity contribution >= 4 is 23.4 Å². The Labute approximate surface area is 118 Å². The molecule has 1 rings (SSSR count). The quantitative estimate of drug-likeness (QED) is 0.679. The van der Waals surface area contributed by atoms with Gasteiger partial charge in [-0.3, -0.25) is 0 Å². The van der Waals surface area contributed by atoms with Gasteiger partial charge in [0.05, 0.1) is 0 Å². The molecule has 0 aliphatic rings. The molecule has 0 spiro atoms. The van der Waals surface area contributed by atoms with E-state index in [1.807, 2.05) is 6.92 Å². The lowest BCUT2D eigenvalue weighted by molar-refractivity contribution is 0.289. The maximum Gasteiger partial charge on any atom is 0.136 e. The summed E-state index contributed by atoms with van der Waals surface area (Å²) in [6, 6.07) is 0. The van der Waals surface area contributed by atoms with Gasteiger partial charge in [-0.1, -0.05) is 39.3 Å². The summed E-state index contributed by atoms with van der Waals surface area (Å²) in [5.74, 6) is 0.761. The van der Waals surface area contributed by atoms with E-state index in [1.165, 1.54) is 0 Å². The van der Waals surface area contributed by atoms with Crippen molar-refractivity contribution in [3.63, 3.8) is 0 Å². The van der Waals surface area contributed by atoms with Crippen LogP contribution in [-0.2, 0) is 5.41 Å². The molecular formula is C13H21ClN2OS. The Balaban J connectivity index is 3.07. The second-order valence-electron chi connectivity index (χ2n) is 5.46. The third-order valence-electron chi connectivity index (χ3n) is 2.56. The highest BCUT2D eigenvalue weighted by Crippen LogP contribution is 2.31. The molecule has 0 aliphatic carbocycles. The molecule has 0 aromatic carbocycles. The fourth-order valence-corrected chi connectivity index (χ4v) is 2.59. The van der Waals surface area contributed by atoms with Crippen molar-refractivity contribution in [1.82, 2.24) is 9.97 Å². The van der Waals surface area contributed by atoms with Crippen molar-refractivity contribution in [3.05, 3.63) is 16.5 Å². The predicted octanol–water partition coefficient (Wildman–Crippen LogP) is 3.60. The summed E-state index contributed by atoms with van der Waals surface area (Å²) in [5, 5.41) is 10.7. The molecule has 0 bridgehead atoms. The van der Waals surface area contributed by atoms with Crippen molar-refractivity contribution in [2.75, 3.05) is 6.61 Å². The normalized spacial score (nSPS) is 13.7. The van der Waals surface area contributed by atoms with Crippen LogP contribution in [0.3, 0.4) is 0 Å². The second-order valence-corrected chi connectivity index (χ2v) is 7.24. The zero-order valence-electron chi connectivity index (χ0n) is 11.6. The molecule has 0 saturated heterocycles. The third-order valence-corrected chi connectivity index (χ3v) is 4.19. The summed E-state index contributed by atoms with van der Waals surface area (Å²) < 4.78 is 0. The van der Waals surface area contributed by atoms with Crippen LogP contribution in [0.5, 0.6) is 0 Å². The van der Waals surface area contributed by atoms with Crippen LogP contribution in [0.15, 0.2) is 5.03 Å². The van der Waals surface area contributed by atoms with Gasteiger partial charge in [-0.25, -0.2) is 9.97 Å². The van der Waals surface area contributed by atoms with Crippen LogP contribution >= 0.6 is 23.4 Å². The van der Waals surface area contributed by atoms with E-state index in [1.54, 1.807) is 11.8 Å². The molecular weight excluding hydrogens is 268 g/mol. The molecule has 0 amide bonds. The standard InChI is InChI=1S/C13H21ClN2OS/c1-8(6-7-17)18-11-9(2)10(14)15-12(16-11)13(3,4)5/h8,17H,6-7H2,1-5H3. The molecule has 1 aromatic rings. The van der Waals surface area contributed by atoms with E-state index in [0.717, 1.165) is 22.8 Å². The van der Waals surface area contributed by atoms with E-state index >= 15 is 0 Å². The molecule has 18 heavy (non-hydrogen) atoms. The smallest absolute Gasteiger partial charge is 0.136 e. The number of aliphatic hydroxyl groups is 1. The molecule has 0 aliphatic heterocycles. The minimum Gasteiger partial charge on any atom is -0.396 e. The van der Waals surface area contributed by atoms with Gasteiger partial charge in [0.25, 0.3) is 0 Å². The molecule has 1 heterocycles. The van der Waals surface area contributed by atoms with Gasteiger partial charge in [0.2, 0.25) is 0 Å². The van der Waals surface area contributed by atoms with Gasteiger partial charge in [-0.2, -0.15) is 0 Å². The van der Waals surface area contributed by atoms with Crippen molar-refractivity contribution in [2.45, 2.75) is 56.7 Å². The Morgan fingerprint density at radius 1 is 1.33 bits per heavy atom. The summed E-state index contributed by atoms with van der Waals surface area (Å²) in [6.45, 7) is 10.4. The first-order valence-electron chi connectivity index (χ1n) is 6.08. The van der Waals surface area contributed by atoms with E-state index in [2.05, 4.69) is 37.7 Å². The van der Waals surface area contributed by atoms with Crippen LogP contribution in [0, 0.1) is 6.92 Å².